The Bertz CT molecular complexity index is 1460. The van der Waals surface area contributed by atoms with Gasteiger partial charge in [-0.2, -0.15) is 0 Å². The summed E-state index contributed by atoms with van der Waals surface area (Å²) in [5.41, 5.74) is 2.59. The Kier molecular flexibility index (Phi) is 4.37. The number of hydrogen-bond donors (Lipinski definition) is 1. The fourth-order valence-electron chi connectivity index (χ4n) is 3.09. The highest BCUT2D eigenvalue weighted by Gasteiger charge is 2.16. The molecule has 0 saturated heterocycles. The van der Waals surface area contributed by atoms with Crippen molar-refractivity contribution in [3.8, 4) is 11.6 Å². The number of anilines is 1. The summed E-state index contributed by atoms with van der Waals surface area (Å²) in [6.45, 7) is 1.87. The third kappa shape index (κ3) is 3.25. The topological polar surface area (TPSA) is 98.5 Å². The second-order valence-corrected chi connectivity index (χ2v) is 9.33. The summed E-state index contributed by atoms with van der Waals surface area (Å²) in [4.78, 5) is 4.57. The van der Waals surface area contributed by atoms with E-state index >= 15 is 0 Å². The molecule has 0 atom stereocenters. The average Bonchev–Trinajstić information content (AvgIpc) is 3.41. The largest absolute Gasteiger partial charge is 0.436 e. The molecular weight excluding hydrogens is 422 g/mol. The molecule has 5 aromatic rings. The lowest BCUT2D eigenvalue weighted by molar-refractivity contribution is 0.467. The molecule has 3 aromatic heterocycles. The fraction of sp³-hybridized carbons (Fsp3) is 0.0500. The average molecular weight is 438 g/mol. The van der Waals surface area contributed by atoms with E-state index in [1.165, 1.54) is 0 Å². The number of aryl methyl sites for hydroxylation is 1. The van der Waals surface area contributed by atoms with Crippen LogP contribution >= 0.6 is 11.3 Å². The summed E-state index contributed by atoms with van der Waals surface area (Å²) in [6.07, 6.45) is 0. The van der Waals surface area contributed by atoms with Crippen LogP contribution in [0.15, 0.2) is 70.3 Å². The number of para-hydroxylation sites is 2. The highest BCUT2D eigenvalue weighted by molar-refractivity contribution is 7.94. The van der Waals surface area contributed by atoms with Crippen molar-refractivity contribution in [2.75, 3.05) is 4.72 Å². The van der Waals surface area contributed by atoms with Crippen LogP contribution in [0.4, 0.5) is 5.69 Å². The van der Waals surface area contributed by atoms with E-state index in [-0.39, 0.29) is 4.21 Å². The third-order valence-corrected chi connectivity index (χ3v) is 7.22. The van der Waals surface area contributed by atoms with Gasteiger partial charge in [0, 0.05) is 5.69 Å². The van der Waals surface area contributed by atoms with Gasteiger partial charge in [-0.3, -0.25) is 9.12 Å². The Balaban J connectivity index is 1.46. The molecule has 0 spiro atoms. The van der Waals surface area contributed by atoms with Gasteiger partial charge in [-0.25, -0.2) is 13.4 Å². The third-order valence-electron chi connectivity index (χ3n) is 4.44. The maximum Gasteiger partial charge on any atom is 0.271 e. The number of hydrogen-bond acceptors (Lipinski definition) is 7. The van der Waals surface area contributed by atoms with Crippen molar-refractivity contribution < 1.29 is 13.2 Å². The zero-order valence-corrected chi connectivity index (χ0v) is 17.3. The number of fused-ring (bicyclic) bond motifs is 3. The summed E-state index contributed by atoms with van der Waals surface area (Å²) in [6, 6.07) is 17.5. The second-order valence-electron chi connectivity index (χ2n) is 6.48. The van der Waals surface area contributed by atoms with Gasteiger partial charge in [0.2, 0.25) is 5.65 Å². The van der Waals surface area contributed by atoms with Crippen molar-refractivity contribution in [1.29, 1.82) is 0 Å². The Morgan fingerprint density at radius 2 is 1.80 bits per heavy atom. The van der Waals surface area contributed by atoms with Crippen molar-refractivity contribution >= 4 is 43.7 Å². The number of benzene rings is 2. The maximum absolute atomic E-state index is 12.4. The van der Waals surface area contributed by atoms with Crippen LogP contribution in [0.3, 0.4) is 0 Å². The van der Waals surface area contributed by atoms with Crippen LogP contribution in [0, 0.1) is 6.92 Å². The Morgan fingerprint density at radius 1 is 1.00 bits per heavy atom. The molecule has 0 unspecified atom stereocenters. The van der Waals surface area contributed by atoms with Crippen LogP contribution in [0.25, 0.3) is 16.7 Å². The highest BCUT2D eigenvalue weighted by atomic mass is 32.2. The first-order valence-corrected chi connectivity index (χ1v) is 11.3. The van der Waals surface area contributed by atoms with E-state index in [1.54, 1.807) is 41.8 Å². The number of rotatable bonds is 5. The van der Waals surface area contributed by atoms with E-state index in [9.17, 15) is 8.42 Å². The predicted octanol–water partition coefficient (Wildman–Crippen LogP) is 4.24. The zero-order chi connectivity index (χ0) is 20.7. The van der Waals surface area contributed by atoms with E-state index in [0.717, 1.165) is 28.2 Å². The molecule has 0 aliphatic heterocycles. The molecule has 8 nitrogen and oxygen atoms in total. The van der Waals surface area contributed by atoms with Crippen molar-refractivity contribution in [2.24, 2.45) is 0 Å². The summed E-state index contributed by atoms with van der Waals surface area (Å²) < 4.78 is 35.4. The molecule has 5 rings (SSSR count). The molecule has 0 fully saturated rings. The number of nitrogens with one attached hydrogen (secondary N) is 1. The Morgan fingerprint density at radius 3 is 2.57 bits per heavy atom. The minimum atomic E-state index is -3.60. The van der Waals surface area contributed by atoms with Gasteiger partial charge in [0.15, 0.2) is 0 Å². The monoisotopic (exact) mass is 437 g/mol. The molecule has 0 aliphatic carbocycles. The fourth-order valence-corrected chi connectivity index (χ4v) is 5.14. The van der Waals surface area contributed by atoms with Gasteiger partial charge < -0.3 is 4.74 Å². The van der Waals surface area contributed by atoms with Crippen LogP contribution in [0.5, 0.6) is 11.6 Å². The molecule has 0 saturated carbocycles. The first kappa shape index (κ1) is 18.5. The van der Waals surface area contributed by atoms with Gasteiger partial charge in [-0.15, -0.1) is 21.5 Å². The minimum absolute atomic E-state index is 0.257. The molecule has 1 N–H and O–H groups in total. The molecular formula is C20H15N5O3S2. The van der Waals surface area contributed by atoms with Gasteiger partial charge in [0.25, 0.3) is 15.9 Å². The van der Waals surface area contributed by atoms with Gasteiger partial charge in [0.1, 0.15) is 15.8 Å². The summed E-state index contributed by atoms with van der Waals surface area (Å²) in [5, 5.41) is 10.1. The number of sulfonamides is 1. The van der Waals surface area contributed by atoms with Crippen molar-refractivity contribution in [2.45, 2.75) is 11.1 Å². The SMILES string of the molecule is Cc1nnc2c(Oc3ccc(NS(=O)(=O)c4cccs4)cc3)nc3ccccc3n12. The van der Waals surface area contributed by atoms with Crippen LogP contribution in [-0.4, -0.2) is 28.0 Å². The van der Waals surface area contributed by atoms with Gasteiger partial charge in [0.05, 0.1) is 11.0 Å². The number of aromatic nitrogens is 4. The lowest BCUT2D eigenvalue weighted by Crippen LogP contribution is -2.11. The first-order valence-electron chi connectivity index (χ1n) is 8.96. The molecule has 0 bridgehead atoms. The van der Waals surface area contributed by atoms with E-state index < -0.39 is 10.0 Å². The van der Waals surface area contributed by atoms with Crippen molar-refractivity contribution in [3.63, 3.8) is 0 Å². The number of nitrogens with zero attached hydrogens (tertiary/aromatic N) is 4. The van der Waals surface area contributed by atoms with Crippen molar-refractivity contribution in [3.05, 3.63) is 71.9 Å². The first-order chi connectivity index (χ1) is 14.5. The summed E-state index contributed by atoms with van der Waals surface area (Å²) >= 11 is 1.16. The van der Waals surface area contributed by atoms with Crippen LogP contribution in [0.2, 0.25) is 0 Å². The lowest BCUT2D eigenvalue weighted by Gasteiger charge is -2.10. The Hall–Kier alpha value is -3.50. The molecule has 0 aliphatic rings. The van der Waals surface area contributed by atoms with E-state index in [2.05, 4.69) is 19.9 Å². The molecule has 0 amide bonds. The smallest absolute Gasteiger partial charge is 0.271 e. The van der Waals surface area contributed by atoms with Crippen molar-refractivity contribution in [1.82, 2.24) is 19.6 Å². The van der Waals surface area contributed by atoms with Crippen LogP contribution in [-0.2, 0) is 10.0 Å². The number of ether oxygens (including phenoxy) is 1. The molecule has 2 aromatic carbocycles. The van der Waals surface area contributed by atoms with Gasteiger partial charge in [-0.1, -0.05) is 18.2 Å². The lowest BCUT2D eigenvalue weighted by atomic mass is 10.3. The molecule has 10 heteroatoms. The molecule has 0 radical (unpaired) electrons. The van der Waals surface area contributed by atoms with E-state index in [4.69, 9.17) is 4.74 Å². The molecule has 30 heavy (non-hydrogen) atoms. The van der Waals surface area contributed by atoms with Gasteiger partial charge >= 0.3 is 0 Å². The maximum atomic E-state index is 12.4. The van der Waals surface area contributed by atoms with Crippen LogP contribution < -0.4 is 9.46 Å². The molecule has 150 valence electrons. The van der Waals surface area contributed by atoms with E-state index in [0.29, 0.717) is 23.0 Å². The highest BCUT2D eigenvalue weighted by Crippen LogP contribution is 2.29. The van der Waals surface area contributed by atoms with Gasteiger partial charge in [-0.05, 0) is 54.8 Å². The molecule has 3 heterocycles. The normalized spacial score (nSPS) is 11.8. The second kappa shape index (κ2) is 7.08. The summed E-state index contributed by atoms with van der Waals surface area (Å²) in [5.74, 6) is 1.55. The standard InChI is InChI=1S/C20H15N5O3S2/c1-13-22-23-19-20(21-16-5-2-3-6-17(16)25(13)19)28-15-10-8-14(9-11-15)24-30(26,27)18-7-4-12-29-18/h2-12,24H,1H3. The van der Waals surface area contributed by atoms with E-state index in [1.807, 2.05) is 35.6 Å². The zero-order valence-electron chi connectivity index (χ0n) is 15.7. The predicted molar refractivity (Wildman–Crippen MR) is 115 cm³/mol. The number of thiophene rings is 1. The Labute approximate surface area is 175 Å². The van der Waals surface area contributed by atoms with Crippen LogP contribution in [0.1, 0.15) is 5.82 Å². The minimum Gasteiger partial charge on any atom is -0.436 e. The quantitative estimate of drug-likeness (QED) is 0.442. The summed E-state index contributed by atoms with van der Waals surface area (Å²) in [7, 11) is -3.60.